The predicted octanol–water partition coefficient (Wildman–Crippen LogP) is 3.41. The smallest absolute Gasteiger partial charge is 0.211 e. The highest BCUT2D eigenvalue weighted by atomic mass is 32.2. The van der Waals surface area contributed by atoms with Crippen molar-refractivity contribution in [3.8, 4) is 0 Å². The summed E-state index contributed by atoms with van der Waals surface area (Å²) >= 11 is 1.85. The van der Waals surface area contributed by atoms with Gasteiger partial charge in [0.15, 0.2) is 0 Å². The lowest BCUT2D eigenvalue weighted by atomic mass is 10.9. The summed E-state index contributed by atoms with van der Waals surface area (Å²) in [6.45, 7) is 6.92. The molecule has 0 aliphatic rings. The lowest BCUT2D eigenvalue weighted by molar-refractivity contribution is 1.32. The molecule has 0 aromatic carbocycles. The second kappa shape index (κ2) is 5.99. The third-order valence-corrected chi connectivity index (χ3v) is 9.50. The zero-order chi connectivity index (χ0) is 9.61. The van der Waals surface area contributed by atoms with E-state index in [-0.39, 0.29) is 0 Å². The summed E-state index contributed by atoms with van der Waals surface area (Å²) in [6.07, 6.45) is 6.09. The molecule has 1 nitrogen and oxygen atoms in total. The van der Waals surface area contributed by atoms with Gasteiger partial charge in [-0.15, -0.1) is 0 Å². The van der Waals surface area contributed by atoms with Crippen LogP contribution in [-0.2, 0) is 0 Å². The normalized spacial score (nSPS) is 13.6. The van der Waals surface area contributed by atoms with Crippen LogP contribution in [0.4, 0.5) is 0 Å². The van der Waals surface area contributed by atoms with Gasteiger partial charge in [-0.2, -0.15) is 0 Å². The van der Waals surface area contributed by atoms with E-state index in [9.17, 15) is 0 Å². The van der Waals surface area contributed by atoms with Gasteiger partial charge in [0.2, 0.25) is 4.78 Å². The highest BCUT2D eigenvalue weighted by Gasteiger charge is 2.37. The first-order valence-electron chi connectivity index (χ1n) is 4.58. The van der Waals surface area contributed by atoms with Crippen LogP contribution in [0.3, 0.4) is 0 Å². The van der Waals surface area contributed by atoms with Crippen LogP contribution in [-0.4, -0.2) is 36.6 Å². The molecule has 0 saturated heterocycles. The molecule has 0 atom stereocenters. The van der Waals surface area contributed by atoms with Gasteiger partial charge in [-0.1, -0.05) is 11.8 Å². The summed E-state index contributed by atoms with van der Waals surface area (Å²) in [5.41, 5.74) is 0. The average Bonchev–Trinajstić information content (AvgIpc) is 2.14. The molecule has 0 radical (unpaired) electrons. The van der Waals surface area contributed by atoms with Crippen molar-refractivity contribution in [1.29, 1.82) is 0 Å². The SMILES string of the molecule is CC[P+](CC)(CC)C(=NC)SC. The van der Waals surface area contributed by atoms with E-state index < -0.39 is 7.26 Å². The van der Waals surface area contributed by atoms with Crippen LogP contribution in [0.5, 0.6) is 0 Å². The lowest BCUT2D eigenvalue weighted by Gasteiger charge is -2.22. The molecule has 12 heavy (non-hydrogen) atoms. The number of thioether (sulfide) groups is 1. The molecular formula is C9H21NPS+. The molecule has 0 unspecified atom stereocenters. The van der Waals surface area contributed by atoms with E-state index in [0.717, 1.165) is 0 Å². The first-order valence-corrected chi connectivity index (χ1v) is 8.15. The van der Waals surface area contributed by atoms with Gasteiger partial charge < -0.3 is 0 Å². The molecule has 72 valence electrons. The predicted molar refractivity (Wildman–Crippen MR) is 65.4 cm³/mol. The maximum absolute atomic E-state index is 4.42. The molecule has 0 amide bonds. The Hall–Kier alpha value is 0.450. The summed E-state index contributed by atoms with van der Waals surface area (Å²) < 4.78 is 0. The van der Waals surface area contributed by atoms with E-state index in [1.54, 1.807) is 0 Å². The minimum atomic E-state index is -0.836. The van der Waals surface area contributed by atoms with Crippen molar-refractivity contribution in [2.45, 2.75) is 20.8 Å². The molecule has 0 fully saturated rings. The Bertz CT molecular complexity index is 144. The van der Waals surface area contributed by atoms with Crippen LogP contribution in [0.2, 0.25) is 0 Å². The number of aliphatic imine (C=N–C) groups is 1. The van der Waals surface area contributed by atoms with Crippen molar-refractivity contribution in [3.63, 3.8) is 0 Å². The van der Waals surface area contributed by atoms with Gasteiger partial charge in [-0.25, -0.2) is 4.99 Å². The summed E-state index contributed by atoms with van der Waals surface area (Å²) in [5, 5.41) is 0. The van der Waals surface area contributed by atoms with Crippen LogP contribution in [0.1, 0.15) is 20.8 Å². The molecule has 0 spiro atoms. The van der Waals surface area contributed by atoms with Gasteiger partial charge in [0.1, 0.15) is 0 Å². The van der Waals surface area contributed by atoms with Crippen molar-refractivity contribution >= 4 is 23.8 Å². The molecule has 0 saturated carbocycles. The van der Waals surface area contributed by atoms with Crippen LogP contribution in [0.15, 0.2) is 4.99 Å². The van der Waals surface area contributed by atoms with Crippen molar-refractivity contribution in [3.05, 3.63) is 0 Å². The highest BCUT2D eigenvalue weighted by Crippen LogP contribution is 2.61. The average molecular weight is 206 g/mol. The van der Waals surface area contributed by atoms with E-state index in [1.165, 1.54) is 23.3 Å². The van der Waals surface area contributed by atoms with Gasteiger partial charge in [0.25, 0.3) is 0 Å². The Morgan fingerprint density at radius 1 is 1.17 bits per heavy atom. The lowest BCUT2D eigenvalue weighted by Crippen LogP contribution is -2.11. The Morgan fingerprint density at radius 2 is 1.58 bits per heavy atom. The van der Waals surface area contributed by atoms with Crippen molar-refractivity contribution < 1.29 is 0 Å². The van der Waals surface area contributed by atoms with Gasteiger partial charge >= 0.3 is 0 Å². The van der Waals surface area contributed by atoms with E-state index in [4.69, 9.17) is 0 Å². The summed E-state index contributed by atoms with van der Waals surface area (Å²) in [4.78, 5) is 5.85. The fourth-order valence-corrected chi connectivity index (χ4v) is 7.04. The maximum Gasteiger partial charge on any atom is 0.211 e. The fraction of sp³-hybridized carbons (Fsp3) is 0.889. The number of rotatable bonds is 4. The quantitative estimate of drug-likeness (QED) is 0.390. The molecule has 0 heterocycles. The van der Waals surface area contributed by atoms with Crippen LogP contribution in [0, 0.1) is 0 Å². The monoisotopic (exact) mass is 206 g/mol. The number of hydrogen-bond donors (Lipinski definition) is 0. The maximum atomic E-state index is 4.42. The standard InChI is InChI=1S/C9H21NPS/c1-6-11(7-2,8-3)9(10-4)12-5/h6-8H2,1-5H3/q+1. The zero-order valence-corrected chi connectivity index (χ0v) is 10.6. The van der Waals surface area contributed by atoms with E-state index in [1.807, 2.05) is 18.8 Å². The Morgan fingerprint density at radius 3 is 1.67 bits per heavy atom. The van der Waals surface area contributed by atoms with Gasteiger partial charge in [0.05, 0.1) is 25.7 Å². The second-order valence-electron chi connectivity index (χ2n) is 2.80. The van der Waals surface area contributed by atoms with E-state index in [0.29, 0.717) is 0 Å². The van der Waals surface area contributed by atoms with E-state index >= 15 is 0 Å². The summed E-state index contributed by atoms with van der Waals surface area (Å²) in [7, 11) is 1.10. The Kier molecular flexibility index (Phi) is 6.21. The number of nitrogens with zero attached hydrogens (tertiary/aromatic N) is 1. The van der Waals surface area contributed by atoms with Crippen LogP contribution in [0.25, 0.3) is 0 Å². The molecule has 0 aliphatic carbocycles. The highest BCUT2D eigenvalue weighted by molar-refractivity contribution is 8.29. The van der Waals surface area contributed by atoms with Crippen molar-refractivity contribution in [2.75, 3.05) is 31.8 Å². The van der Waals surface area contributed by atoms with Crippen molar-refractivity contribution in [1.82, 2.24) is 0 Å². The molecule has 0 aromatic heterocycles. The molecule has 3 heteroatoms. The molecule has 0 N–H and O–H groups in total. The number of hydrogen-bond acceptors (Lipinski definition) is 2. The summed E-state index contributed by atoms with van der Waals surface area (Å²) in [6, 6.07) is 0. The van der Waals surface area contributed by atoms with Gasteiger partial charge in [-0.05, 0) is 27.0 Å². The first-order chi connectivity index (χ1) is 5.70. The third-order valence-electron chi connectivity index (χ3n) is 2.60. The third kappa shape index (κ3) is 2.47. The van der Waals surface area contributed by atoms with E-state index in [2.05, 4.69) is 32.0 Å². The second-order valence-corrected chi connectivity index (χ2v) is 8.51. The minimum absolute atomic E-state index is 0.836. The summed E-state index contributed by atoms with van der Waals surface area (Å²) in [5.74, 6) is 0. The Labute approximate surface area is 81.8 Å². The largest absolute Gasteiger partial charge is 0.249 e. The first kappa shape index (κ1) is 12.4. The van der Waals surface area contributed by atoms with Gasteiger partial charge in [0, 0.05) is 7.05 Å². The molecule has 0 aromatic rings. The topological polar surface area (TPSA) is 12.4 Å². The molecule has 0 rings (SSSR count). The van der Waals surface area contributed by atoms with Crippen LogP contribution < -0.4 is 0 Å². The fourth-order valence-electron chi connectivity index (χ4n) is 1.57. The van der Waals surface area contributed by atoms with Crippen LogP contribution >= 0.6 is 19.0 Å². The molecule has 0 bridgehead atoms. The molecule has 0 aliphatic heterocycles. The minimum Gasteiger partial charge on any atom is -0.249 e. The Balaban J connectivity index is 4.68. The van der Waals surface area contributed by atoms with Gasteiger partial charge in [-0.3, -0.25) is 0 Å². The zero-order valence-electron chi connectivity index (χ0n) is 8.92. The van der Waals surface area contributed by atoms with Crippen molar-refractivity contribution in [2.24, 2.45) is 4.99 Å². The molecular weight excluding hydrogens is 185 g/mol.